The Bertz CT molecular complexity index is 1440. The molecule has 0 unspecified atom stereocenters. The molecule has 0 bridgehead atoms. The lowest BCUT2D eigenvalue weighted by Gasteiger charge is -2.28. The summed E-state index contributed by atoms with van der Waals surface area (Å²) in [6, 6.07) is 13.0. The highest BCUT2D eigenvalue weighted by molar-refractivity contribution is 6.37. The molecule has 0 aliphatic carbocycles. The monoisotopic (exact) mass is 521 g/mol. The molecule has 7 nitrogen and oxygen atoms in total. The van der Waals surface area contributed by atoms with Gasteiger partial charge in [0.15, 0.2) is 11.5 Å². The molecule has 184 valence electrons. The van der Waals surface area contributed by atoms with E-state index in [4.69, 9.17) is 23.2 Å². The number of hydrogen-bond donors (Lipinski definition) is 3. The van der Waals surface area contributed by atoms with Gasteiger partial charge in [-0.3, -0.25) is 9.78 Å². The highest BCUT2D eigenvalue weighted by Gasteiger charge is 2.19. The Balaban J connectivity index is 1.59. The average Bonchev–Trinajstić information content (AvgIpc) is 2.87. The van der Waals surface area contributed by atoms with Crippen molar-refractivity contribution in [1.29, 1.82) is 0 Å². The number of nitrogens with one attached hydrogen (secondary N) is 2. The Morgan fingerprint density at radius 2 is 1.78 bits per heavy atom. The Kier molecular flexibility index (Phi) is 6.71. The number of rotatable bonds is 5. The number of phenols is 1. The second-order valence-electron chi connectivity index (χ2n) is 8.79. The van der Waals surface area contributed by atoms with Crippen LogP contribution in [-0.2, 0) is 0 Å². The van der Waals surface area contributed by atoms with E-state index in [1.807, 2.05) is 37.3 Å². The fourth-order valence-corrected chi connectivity index (χ4v) is 5.03. The Morgan fingerprint density at radius 3 is 2.42 bits per heavy atom. The van der Waals surface area contributed by atoms with E-state index in [1.54, 1.807) is 18.3 Å². The van der Waals surface area contributed by atoms with Crippen molar-refractivity contribution in [1.82, 2.24) is 15.3 Å². The number of anilines is 3. The van der Waals surface area contributed by atoms with Gasteiger partial charge in [0.25, 0.3) is 0 Å². The first-order chi connectivity index (χ1) is 17.3. The maximum Gasteiger partial charge on any atom is 0.163 e. The Hall–Kier alpha value is -3.39. The van der Waals surface area contributed by atoms with Gasteiger partial charge in [-0.2, -0.15) is 0 Å². The first kappa shape index (κ1) is 24.3. The number of benzene rings is 2. The molecule has 0 radical (unpaired) electrons. The summed E-state index contributed by atoms with van der Waals surface area (Å²) in [4.78, 5) is 24.3. The third kappa shape index (κ3) is 4.69. The molecule has 3 heterocycles. The van der Waals surface area contributed by atoms with Gasteiger partial charge in [-0.1, -0.05) is 29.3 Å². The van der Waals surface area contributed by atoms with Gasteiger partial charge in [-0.05, 0) is 61.4 Å². The fourth-order valence-electron chi connectivity index (χ4n) is 4.54. The quantitative estimate of drug-likeness (QED) is 0.278. The molecule has 1 aliphatic heterocycles. The SMILES string of the molecule is CC(=O)c1c(C)nc2ccc(-c3cc(Cl)c(O)c(Cl)c3)cc2c1Nc1ccc(N2CCNCC2)nc1. The molecule has 1 aliphatic rings. The predicted molar refractivity (Wildman–Crippen MR) is 146 cm³/mol. The van der Waals surface area contributed by atoms with Crippen LogP contribution in [0.5, 0.6) is 5.75 Å². The number of aromatic nitrogens is 2. The van der Waals surface area contributed by atoms with Crippen LogP contribution in [0.25, 0.3) is 22.0 Å². The fraction of sp³-hybridized carbons (Fsp3) is 0.222. The van der Waals surface area contributed by atoms with Gasteiger partial charge < -0.3 is 20.6 Å². The number of carbonyl (C=O) groups excluding carboxylic acids is 1. The van der Waals surface area contributed by atoms with Gasteiger partial charge in [-0.25, -0.2) is 4.98 Å². The lowest BCUT2D eigenvalue weighted by atomic mass is 9.98. The number of aromatic hydroxyl groups is 1. The molecule has 0 amide bonds. The van der Waals surface area contributed by atoms with Gasteiger partial charge in [0.1, 0.15) is 5.82 Å². The number of piperazine rings is 1. The molecule has 3 N–H and O–H groups in total. The number of Topliss-reactive ketones (excluding diaryl/α,β-unsaturated/α-hetero) is 1. The Labute approximate surface area is 219 Å². The van der Waals surface area contributed by atoms with Crippen LogP contribution >= 0.6 is 23.2 Å². The van der Waals surface area contributed by atoms with Crippen molar-refractivity contribution in [3.63, 3.8) is 0 Å². The van der Waals surface area contributed by atoms with Crippen molar-refractivity contribution < 1.29 is 9.90 Å². The smallest absolute Gasteiger partial charge is 0.163 e. The van der Waals surface area contributed by atoms with Crippen LogP contribution in [-0.4, -0.2) is 47.0 Å². The second kappa shape index (κ2) is 9.93. The molecule has 1 saturated heterocycles. The number of carbonyl (C=O) groups is 1. The van der Waals surface area contributed by atoms with Gasteiger partial charge in [0, 0.05) is 31.6 Å². The lowest BCUT2D eigenvalue weighted by Crippen LogP contribution is -2.43. The number of pyridine rings is 2. The van der Waals surface area contributed by atoms with Crippen molar-refractivity contribution in [3.05, 3.63) is 70.0 Å². The number of hydrogen-bond acceptors (Lipinski definition) is 7. The highest BCUT2D eigenvalue weighted by atomic mass is 35.5. The zero-order valence-corrected chi connectivity index (χ0v) is 21.4. The van der Waals surface area contributed by atoms with Crippen LogP contribution in [0.1, 0.15) is 23.0 Å². The number of halogens is 2. The molecule has 36 heavy (non-hydrogen) atoms. The van der Waals surface area contributed by atoms with Gasteiger partial charge in [0.2, 0.25) is 0 Å². The number of ketones is 1. The summed E-state index contributed by atoms with van der Waals surface area (Å²) in [5.41, 5.74) is 4.90. The van der Waals surface area contributed by atoms with Crippen LogP contribution in [0.2, 0.25) is 10.0 Å². The van der Waals surface area contributed by atoms with Crippen molar-refractivity contribution in [2.24, 2.45) is 0 Å². The lowest BCUT2D eigenvalue weighted by molar-refractivity contribution is 0.101. The van der Waals surface area contributed by atoms with E-state index >= 15 is 0 Å². The molecule has 0 spiro atoms. The molecule has 4 aromatic rings. The van der Waals surface area contributed by atoms with E-state index in [2.05, 4.69) is 25.5 Å². The topological polar surface area (TPSA) is 90.4 Å². The van der Waals surface area contributed by atoms with Crippen molar-refractivity contribution in [3.8, 4) is 16.9 Å². The summed E-state index contributed by atoms with van der Waals surface area (Å²) >= 11 is 12.3. The second-order valence-corrected chi connectivity index (χ2v) is 9.61. The van der Waals surface area contributed by atoms with E-state index in [-0.39, 0.29) is 21.6 Å². The standard InChI is InChI=1S/C27H25Cl2N5O2/c1-15-25(16(2)35)26(33-19-4-6-24(31-14-19)34-9-7-30-8-10-34)20-11-17(3-5-23(20)32-15)18-12-21(28)27(36)22(29)13-18/h3-6,11-14,30,36H,7-10H2,1-2H3,(H,32,33). The van der Waals surface area contributed by atoms with E-state index in [9.17, 15) is 9.90 Å². The van der Waals surface area contributed by atoms with Crippen LogP contribution in [0.3, 0.4) is 0 Å². The third-order valence-corrected chi connectivity index (χ3v) is 6.90. The maximum absolute atomic E-state index is 12.7. The molecule has 0 saturated carbocycles. The molecule has 0 atom stereocenters. The zero-order chi connectivity index (χ0) is 25.4. The first-order valence-electron chi connectivity index (χ1n) is 11.6. The minimum atomic E-state index is -0.154. The third-order valence-electron chi connectivity index (χ3n) is 6.33. The normalized spacial score (nSPS) is 13.7. The summed E-state index contributed by atoms with van der Waals surface area (Å²) in [7, 11) is 0. The summed E-state index contributed by atoms with van der Waals surface area (Å²) in [6.45, 7) is 7.07. The van der Waals surface area contributed by atoms with Crippen molar-refractivity contribution >= 4 is 57.1 Å². The van der Waals surface area contributed by atoms with Crippen molar-refractivity contribution in [2.75, 3.05) is 36.4 Å². The summed E-state index contributed by atoms with van der Waals surface area (Å²) in [6.07, 6.45) is 1.78. The van der Waals surface area contributed by atoms with Gasteiger partial charge in [0.05, 0.1) is 44.4 Å². The van der Waals surface area contributed by atoms with Gasteiger partial charge >= 0.3 is 0 Å². The average molecular weight is 522 g/mol. The van der Waals surface area contributed by atoms with Crippen LogP contribution < -0.4 is 15.5 Å². The molecule has 5 rings (SSSR count). The van der Waals surface area contributed by atoms with Crippen LogP contribution in [0.15, 0.2) is 48.7 Å². The van der Waals surface area contributed by atoms with Crippen LogP contribution in [0.4, 0.5) is 17.2 Å². The molecule has 2 aromatic heterocycles. The minimum Gasteiger partial charge on any atom is -0.505 e. The summed E-state index contributed by atoms with van der Waals surface area (Å²) in [5, 5.41) is 17.8. The van der Waals surface area contributed by atoms with Crippen molar-refractivity contribution in [2.45, 2.75) is 13.8 Å². The molecule has 1 fully saturated rings. The number of fused-ring (bicyclic) bond motifs is 1. The first-order valence-corrected chi connectivity index (χ1v) is 12.4. The number of nitrogens with zero attached hydrogens (tertiary/aromatic N) is 3. The predicted octanol–water partition coefficient (Wildman–Crippen LogP) is 5.97. The van der Waals surface area contributed by atoms with Crippen LogP contribution in [0, 0.1) is 6.92 Å². The molecule has 9 heteroatoms. The summed E-state index contributed by atoms with van der Waals surface area (Å²) < 4.78 is 0. The zero-order valence-electron chi connectivity index (χ0n) is 19.9. The van der Waals surface area contributed by atoms with E-state index in [0.717, 1.165) is 59.7 Å². The highest BCUT2D eigenvalue weighted by Crippen LogP contribution is 2.39. The van der Waals surface area contributed by atoms with E-state index in [0.29, 0.717) is 16.9 Å². The molecule has 2 aromatic carbocycles. The van der Waals surface area contributed by atoms with Gasteiger partial charge in [-0.15, -0.1) is 0 Å². The van der Waals surface area contributed by atoms with E-state index in [1.165, 1.54) is 6.92 Å². The minimum absolute atomic E-state index is 0.0871. The number of phenolic OH excluding ortho intramolecular Hbond substituents is 1. The maximum atomic E-state index is 12.7. The van der Waals surface area contributed by atoms with E-state index < -0.39 is 0 Å². The molecular weight excluding hydrogens is 497 g/mol. The molecular formula is C27H25Cl2N5O2. The number of aryl methyl sites for hydroxylation is 1. The largest absolute Gasteiger partial charge is 0.505 e. The summed E-state index contributed by atoms with van der Waals surface area (Å²) in [5.74, 6) is 0.682. The Morgan fingerprint density at radius 1 is 1.06 bits per heavy atom.